The van der Waals surface area contributed by atoms with Gasteiger partial charge in [0.2, 0.25) is 10.0 Å². The highest BCUT2D eigenvalue weighted by molar-refractivity contribution is 9.10. The molecular weight excluding hydrogens is 422 g/mol. The van der Waals surface area contributed by atoms with E-state index < -0.39 is 10.0 Å². The Morgan fingerprint density at radius 2 is 2.00 bits per heavy atom. The monoisotopic (exact) mass is 439 g/mol. The summed E-state index contributed by atoms with van der Waals surface area (Å²) in [7, 11) is -3.28. The van der Waals surface area contributed by atoms with E-state index in [9.17, 15) is 13.2 Å². The van der Waals surface area contributed by atoms with Gasteiger partial charge in [0.1, 0.15) is 0 Å². The van der Waals surface area contributed by atoms with Crippen molar-refractivity contribution in [2.45, 2.75) is 17.7 Å². The van der Waals surface area contributed by atoms with Crippen molar-refractivity contribution in [3.8, 4) is 0 Å². The van der Waals surface area contributed by atoms with Gasteiger partial charge in [-0.05, 0) is 64.7 Å². The van der Waals surface area contributed by atoms with E-state index in [1.807, 2.05) is 30.3 Å². The predicted octanol–water partition coefficient (Wildman–Crippen LogP) is 4.14. The minimum absolute atomic E-state index is 0.0417. The maximum Gasteiger partial charge on any atom is 0.232 e. The molecule has 0 saturated heterocycles. The molecule has 0 spiro atoms. The van der Waals surface area contributed by atoms with E-state index in [-0.39, 0.29) is 5.78 Å². The normalized spacial score (nSPS) is 14.2. The summed E-state index contributed by atoms with van der Waals surface area (Å²) in [5.41, 5.74) is 2.26. The molecule has 3 rings (SSSR count). The summed E-state index contributed by atoms with van der Waals surface area (Å²) < 4.78 is 26.2. The maximum atomic E-state index is 12.5. The van der Waals surface area contributed by atoms with Gasteiger partial charge in [0.25, 0.3) is 0 Å². The Balaban J connectivity index is 1.78. The molecule has 1 aliphatic heterocycles. The third-order valence-electron chi connectivity index (χ3n) is 4.07. The molecule has 0 fully saturated rings. The first-order chi connectivity index (χ1) is 11.9. The minimum atomic E-state index is -3.28. The molecule has 132 valence electrons. The van der Waals surface area contributed by atoms with E-state index in [0.717, 1.165) is 27.8 Å². The average molecular weight is 440 g/mol. The van der Waals surface area contributed by atoms with E-state index in [1.54, 1.807) is 12.1 Å². The van der Waals surface area contributed by atoms with Gasteiger partial charge in [0.15, 0.2) is 5.78 Å². The fourth-order valence-electron chi connectivity index (χ4n) is 2.87. The van der Waals surface area contributed by atoms with E-state index in [0.29, 0.717) is 23.5 Å². The average Bonchev–Trinajstić information content (AvgIpc) is 2.59. The number of hydrogen-bond acceptors (Lipinski definition) is 4. The molecule has 7 heteroatoms. The van der Waals surface area contributed by atoms with Crippen LogP contribution in [0.2, 0.25) is 0 Å². The number of rotatable bonds is 5. The van der Waals surface area contributed by atoms with Crippen LogP contribution in [0.1, 0.15) is 22.3 Å². The molecule has 0 unspecified atom stereocenters. The van der Waals surface area contributed by atoms with Crippen LogP contribution in [0.3, 0.4) is 0 Å². The van der Waals surface area contributed by atoms with Crippen LogP contribution < -0.4 is 4.31 Å². The predicted molar refractivity (Wildman–Crippen MR) is 106 cm³/mol. The first-order valence-electron chi connectivity index (χ1n) is 7.87. The zero-order chi connectivity index (χ0) is 18.0. The Bertz CT molecular complexity index is 912. The van der Waals surface area contributed by atoms with Gasteiger partial charge in [-0.25, -0.2) is 8.42 Å². The quantitative estimate of drug-likeness (QED) is 0.518. The number of carbonyl (C=O) groups is 1. The van der Waals surface area contributed by atoms with Crippen molar-refractivity contribution in [1.82, 2.24) is 0 Å². The van der Waals surface area contributed by atoms with Crippen molar-refractivity contribution < 1.29 is 13.2 Å². The molecule has 1 aliphatic rings. The highest BCUT2D eigenvalue weighted by Crippen LogP contribution is 2.31. The molecule has 4 nitrogen and oxygen atoms in total. The molecule has 0 atom stereocenters. The van der Waals surface area contributed by atoms with Crippen LogP contribution in [-0.2, 0) is 16.4 Å². The first-order valence-corrected chi connectivity index (χ1v) is 11.5. The van der Waals surface area contributed by atoms with E-state index in [2.05, 4.69) is 15.9 Å². The van der Waals surface area contributed by atoms with Crippen molar-refractivity contribution in [1.29, 1.82) is 0 Å². The number of Topliss-reactive ketones (excluding diaryl/α,β-unsaturated/α-hetero) is 1. The standard InChI is InChI=1S/C18H18BrNO3S2/c1-25(22,23)20-10-4-5-13-11-14(8-9-16(13)20)17(21)12-24-18-7-3-2-6-15(18)19/h2-3,6-9,11H,4-5,10,12H2,1H3. The summed E-state index contributed by atoms with van der Waals surface area (Å²) in [6.07, 6.45) is 2.78. The zero-order valence-electron chi connectivity index (χ0n) is 13.7. The molecule has 0 radical (unpaired) electrons. The third-order valence-corrected chi connectivity index (χ3v) is 7.28. The molecule has 2 aromatic carbocycles. The van der Waals surface area contributed by atoms with Gasteiger partial charge < -0.3 is 0 Å². The Labute approximate surface area is 160 Å². The number of hydrogen-bond donors (Lipinski definition) is 0. The summed E-state index contributed by atoms with van der Waals surface area (Å²) in [5.74, 6) is 0.386. The molecule has 25 heavy (non-hydrogen) atoms. The second kappa shape index (κ2) is 7.51. The summed E-state index contributed by atoms with van der Waals surface area (Å²) in [6, 6.07) is 13.1. The van der Waals surface area contributed by atoms with Crippen LogP contribution in [0.4, 0.5) is 5.69 Å². The van der Waals surface area contributed by atoms with E-state index in [1.165, 1.54) is 22.3 Å². The molecule has 0 amide bonds. The molecule has 0 aliphatic carbocycles. The topological polar surface area (TPSA) is 54.5 Å². The van der Waals surface area contributed by atoms with Crippen LogP contribution in [0, 0.1) is 0 Å². The maximum absolute atomic E-state index is 12.5. The lowest BCUT2D eigenvalue weighted by Gasteiger charge is -2.29. The van der Waals surface area contributed by atoms with E-state index in [4.69, 9.17) is 0 Å². The number of thioether (sulfide) groups is 1. The number of nitrogens with zero attached hydrogens (tertiary/aromatic N) is 1. The fourth-order valence-corrected chi connectivity index (χ4v) is 5.33. The second-order valence-electron chi connectivity index (χ2n) is 5.92. The lowest BCUT2D eigenvalue weighted by molar-refractivity contribution is 0.102. The highest BCUT2D eigenvalue weighted by Gasteiger charge is 2.24. The van der Waals surface area contributed by atoms with Crippen LogP contribution in [-0.4, -0.2) is 32.8 Å². The third kappa shape index (κ3) is 4.27. The minimum Gasteiger partial charge on any atom is -0.293 e. The SMILES string of the molecule is CS(=O)(=O)N1CCCc2cc(C(=O)CSc3ccccc3Br)ccc21. The van der Waals surface area contributed by atoms with Gasteiger partial charge in [-0.2, -0.15) is 0 Å². The molecule has 1 heterocycles. The van der Waals surface area contributed by atoms with Gasteiger partial charge in [0, 0.05) is 21.5 Å². The lowest BCUT2D eigenvalue weighted by Crippen LogP contribution is -2.34. The molecule has 0 saturated carbocycles. The molecule has 0 N–H and O–H groups in total. The van der Waals surface area contributed by atoms with Crippen molar-refractivity contribution in [3.05, 3.63) is 58.1 Å². The van der Waals surface area contributed by atoms with Crippen molar-refractivity contribution >= 4 is 49.2 Å². The summed E-state index contributed by atoms with van der Waals surface area (Å²) in [6.45, 7) is 0.497. The largest absolute Gasteiger partial charge is 0.293 e. The number of aryl methyl sites for hydroxylation is 1. The Hall–Kier alpha value is -1.31. The highest BCUT2D eigenvalue weighted by atomic mass is 79.9. The number of ketones is 1. The number of halogens is 1. The second-order valence-corrected chi connectivity index (χ2v) is 9.70. The van der Waals surface area contributed by atoms with Crippen LogP contribution in [0.25, 0.3) is 0 Å². The molecule has 0 aromatic heterocycles. The molecule has 0 bridgehead atoms. The first kappa shape index (κ1) is 18.5. The Morgan fingerprint density at radius 1 is 1.24 bits per heavy atom. The van der Waals surface area contributed by atoms with E-state index >= 15 is 0 Å². The van der Waals surface area contributed by atoms with Crippen LogP contribution >= 0.6 is 27.7 Å². The summed E-state index contributed by atoms with van der Waals surface area (Å²) >= 11 is 4.97. The number of benzene rings is 2. The number of sulfonamides is 1. The zero-order valence-corrected chi connectivity index (χ0v) is 17.0. The van der Waals surface area contributed by atoms with Crippen LogP contribution in [0.15, 0.2) is 51.8 Å². The fraction of sp³-hybridized carbons (Fsp3) is 0.278. The smallest absolute Gasteiger partial charge is 0.232 e. The number of fused-ring (bicyclic) bond motifs is 1. The molecular formula is C18H18BrNO3S2. The molecule has 2 aromatic rings. The van der Waals surface area contributed by atoms with Gasteiger partial charge in [-0.15, -0.1) is 11.8 Å². The van der Waals surface area contributed by atoms with Crippen molar-refractivity contribution in [2.24, 2.45) is 0 Å². The van der Waals surface area contributed by atoms with Gasteiger partial charge >= 0.3 is 0 Å². The summed E-state index contributed by atoms with van der Waals surface area (Å²) in [5, 5.41) is 0. The lowest BCUT2D eigenvalue weighted by atomic mass is 9.99. The van der Waals surface area contributed by atoms with Gasteiger partial charge in [0.05, 0.1) is 17.7 Å². The summed E-state index contributed by atoms with van der Waals surface area (Å²) in [4.78, 5) is 13.6. The van der Waals surface area contributed by atoms with Crippen molar-refractivity contribution in [2.75, 3.05) is 22.9 Å². The number of anilines is 1. The Kier molecular flexibility index (Phi) is 5.55. The van der Waals surface area contributed by atoms with Gasteiger partial charge in [-0.1, -0.05) is 12.1 Å². The number of carbonyl (C=O) groups excluding carboxylic acids is 1. The van der Waals surface area contributed by atoms with Crippen LogP contribution in [0.5, 0.6) is 0 Å². The van der Waals surface area contributed by atoms with Gasteiger partial charge in [-0.3, -0.25) is 9.10 Å². The van der Waals surface area contributed by atoms with Crippen molar-refractivity contribution in [3.63, 3.8) is 0 Å². The Morgan fingerprint density at radius 3 is 2.72 bits per heavy atom.